The molecule has 62 heavy (non-hydrogen) atoms. The number of carbonyl (C=O) groups excluding carboxylic acids is 4. The summed E-state index contributed by atoms with van der Waals surface area (Å²) < 4.78 is 30.4. The number of nitrogens with zero attached hydrogens (tertiary/aromatic N) is 1. The van der Waals surface area contributed by atoms with E-state index in [1.54, 1.807) is 32.9 Å². The van der Waals surface area contributed by atoms with Crippen LogP contribution in [0.5, 0.6) is 11.5 Å². The molecular weight excluding hydrogens is 799 g/mol. The molecule has 1 saturated carbocycles. The van der Waals surface area contributed by atoms with Crippen molar-refractivity contribution >= 4 is 23.4 Å². The van der Waals surface area contributed by atoms with E-state index in [1.165, 1.54) is 31.3 Å². The highest BCUT2D eigenvalue weighted by atomic mass is 16.7. The van der Waals surface area contributed by atoms with Gasteiger partial charge in [-0.1, -0.05) is 45.4 Å². The van der Waals surface area contributed by atoms with E-state index in [9.17, 15) is 39.6 Å². The van der Waals surface area contributed by atoms with Crippen LogP contribution in [0, 0.1) is 29.6 Å². The number of phenolic OH excluding ortho intramolecular Hbond substituents is 1. The summed E-state index contributed by atoms with van der Waals surface area (Å²) in [6, 6.07) is 5.11. The van der Waals surface area contributed by atoms with Crippen molar-refractivity contribution in [2.24, 2.45) is 29.6 Å². The van der Waals surface area contributed by atoms with Crippen molar-refractivity contribution < 1.29 is 63.3 Å². The number of cyclic esters (lactones) is 1. The number of piperidine rings is 1. The first-order chi connectivity index (χ1) is 29.4. The number of aromatic hydroxyl groups is 1. The van der Waals surface area contributed by atoms with E-state index >= 15 is 0 Å². The van der Waals surface area contributed by atoms with Crippen LogP contribution in [0.4, 0.5) is 0 Å². The summed E-state index contributed by atoms with van der Waals surface area (Å²) in [7, 11) is 3.05. The zero-order chi connectivity index (χ0) is 45.5. The lowest BCUT2D eigenvalue weighted by Crippen LogP contribution is -2.64. The maximum absolute atomic E-state index is 14.4. The predicted octanol–water partition coefficient (Wildman–Crippen LogP) is 5.61. The molecule has 14 atom stereocenters. The van der Waals surface area contributed by atoms with E-state index in [2.05, 4.69) is 0 Å². The van der Waals surface area contributed by atoms with Crippen molar-refractivity contribution in [2.75, 3.05) is 20.8 Å². The summed E-state index contributed by atoms with van der Waals surface area (Å²) in [5.41, 5.74) is 1.60. The van der Waals surface area contributed by atoms with E-state index in [1.807, 2.05) is 32.9 Å². The third-order valence-corrected chi connectivity index (χ3v) is 13.7. The number of esters is 1. The largest absolute Gasteiger partial charge is 0.508 e. The van der Waals surface area contributed by atoms with Gasteiger partial charge in [-0.3, -0.25) is 14.4 Å². The molecule has 0 radical (unpaired) electrons. The average Bonchev–Trinajstić information content (AvgIpc) is 3.25. The molecule has 1 aromatic carbocycles. The summed E-state index contributed by atoms with van der Waals surface area (Å²) in [5, 5.41) is 44.5. The molecule has 5 rings (SSSR count). The summed E-state index contributed by atoms with van der Waals surface area (Å²) in [6.07, 6.45) is 2.72. The normalized spacial score (nSPS) is 38.6. The lowest BCUT2D eigenvalue weighted by atomic mass is 9.81. The SMILES string of the molecule is CCC1/C=C(\C)CC(C)CC(OC)C2OC(O)(C(=O)C(=O)N3CCCCC3C(=O)OC(C(C)=CC3CCC(O)C(Oc4ccc(O)cc4)C3)C(C)C(O)CC1=O)C(C)CC2OC. The highest BCUT2D eigenvalue weighted by Gasteiger charge is 2.56. The minimum atomic E-state index is -2.52. The number of hydrogen-bond donors (Lipinski definition) is 4. The number of benzene rings is 1. The summed E-state index contributed by atoms with van der Waals surface area (Å²) >= 11 is 0. The van der Waals surface area contributed by atoms with Crippen LogP contribution in [0.3, 0.4) is 0 Å². The van der Waals surface area contributed by atoms with Crippen LogP contribution in [-0.2, 0) is 38.1 Å². The van der Waals surface area contributed by atoms with Crippen molar-refractivity contribution in [2.45, 2.75) is 167 Å². The number of Topliss-reactive ketones (excluding diaryl/α,β-unsaturated/α-hetero) is 2. The van der Waals surface area contributed by atoms with Crippen molar-refractivity contribution in [3.8, 4) is 11.5 Å². The number of aliphatic hydroxyl groups excluding tert-OH is 2. The molecule has 14 heteroatoms. The number of carbonyl (C=O) groups is 4. The first-order valence-electron chi connectivity index (χ1n) is 22.6. The molecule has 0 spiro atoms. The van der Waals surface area contributed by atoms with E-state index in [0.29, 0.717) is 62.7 Å². The molecule has 346 valence electrons. The number of methoxy groups -OCH3 is 2. The quantitative estimate of drug-likeness (QED) is 0.150. The molecule has 1 aromatic rings. The van der Waals surface area contributed by atoms with Gasteiger partial charge >= 0.3 is 5.97 Å². The number of phenols is 1. The predicted molar refractivity (Wildman–Crippen MR) is 230 cm³/mol. The Morgan fingerprint density at radius 1 is 0.903 bits per heavy atom. The fourth-order valence-electron chi connectivity index (χ4n) is 9.96. The number of fused-ring (bicyclic) bond motifs is 3. The van der Waals surface area contributed by atoms with Gasteiger partial charge in [0.1, 0.15) is 41.6 Å². The number of allylic oxidation sites excluding steroid dienone is 3. The van der Waals surface area contributed by atoms with Crippen LogP contribution < -0.4 is 4.74 Å². The number of amides is 1. The molecule has 1 aliphatic carbocycles. The monoisotopic (exact) mass is 869 g/mol. The molecule has 0 aromatic heterocycles. The van der Waals surface area contributed by atoms with Gasteiger partial charge < -0.3 is 49.0 Å². The fraction of sp³-hybridized carbons (Fsp3) is 0.708. The first kappa shape index (κ1) is 49.4. The van der Waals surface area contributed by atoms with Gasteiger partial charge in [0.2, 0.25) is 5.79 Å². The van der Waals surface area contributed by atoms with Crippen LogP contribution in [-0.4, -0.2) is 124 Å². The first-order valence-corrected chi connectivity index (χ1v) is 22.6. The highest BCUT2D eigenvalue weighted by molar-refractivity contribution is 6.39. The maximum Gasteiger partial charge on any atom is 0.329 e. The maximum atomic E-state index is 14.4. The molecule has 4 aliphatic rings. The number of aliphatic hydroxyl groups is 3. The van der Waals surface area contributed by atoms with Crippen molar-refractivity contribution in [1.29, 1.82) is 0 Å². The van der Waals surface area contributed by atoms with Crippen molar-refractivity contribution in [1.82, 2.24) is 4.90 Å². The molecule has 1 amide bonds. The Morgan fingerprint density at radius 3 is 2.24 bits per heavy atom. The third kappa shape index (κ3) is 11.7. The zero-order valence-electron chi connectivity index (χ0n) is 37.9. The fourth-order valence-corrected chi connectivity index (χ4v) is 9.96. The highest BCUT2D eigenvalue weighted by Crippen LogP contribution is 2.39. The molecule has 2 saturated heterocycles. The lowest BCUT2D eigenvalue weighted by molar-refractivity contribution is -0.302. The number of ether oxygens (including phenoxy) is 5. The molecule has 3 fully saturated rings. The lowest BCUT2D eigenvalue weighted by Gasteiger charge is -2.47. The third-order valence-electron chi connectivity index (χ3n) is 13.7. The van der Waals surface area contributed by atoms with Crippen LogP contribution in [0.25, 0.3) is 0 Å². The second-order valence-electron chi connectivity index (χ2n) is 18.5. The number of hydrogen-bond acceptors (Lipinski definition) is 13. The van der Waals surface area contributed by atoms with Crippen LogP contribution in [0.1, 0.15) is 112 Å². The molecule has 4 N–H and O–H groups in total. The molecule has 3 heterocycles. The topological polar surface area (TPSA) is 199 Å². The number of ketones is 2. The van der Waals surface area contributed by atoms with Gasteiger partial charge in [-0.2, -0.15) is 0 Å². The van der Waals surface area contributed by atoms with Crippen LogP contribution in [0.2, 0.25) is 0 Å². The smallest absolute Gasteiger partial charge is 0.329 e. The Labute approximate surface area is 367 Å². The zero-order valence-corrected chi connectivity index (χ0v) is 37.9. The van der Waals surface area contributed by atoms with Crippen molar-refractivity contribution in [3.63, 3.8) is 0 Å². The van der Waals surface area contributed by atoms with Gasteiger partial charge in [-0.15, -0.1) is 0 Å². The molecule has 2 bridgehead atoms. The van der Waals surface area contributed by atoms with Gasteiger partial charge in [-0.25, -0.2) is 4.79 Å². The van der Waals surface area contributed by atoms with E-state index in [-0.39, 0.29) is 49.2 Å². The minimum Gasteiger partial charge on any atom is -0.508 e. The Balaban J connectivity index is 1.50. The van der Waals surface area contributed by atoms with Crippen LogP contribution >= 0.6 is 0 Å². The van der Waals surface area contributed by atoms with E-state index < -0.39 is 90.0 Å². The standard InChI is InChI=1S/C48H71NO13/c1-9-33-21-27(2)20-28(3)22-41(58-7)44-42(59-8)24-30(5)48(57,62-44)45(54)46(55)49-19-11-10-12-36(49)47(56)61-43(31(6)38(52)26-39(33)53)29(4)23-32-13-18-37(51)40(25-32)60-35-16-14-34(50)15-17-35/h14-17,21,23,28,30-33,36-38,40-44,50-52,57H,9-13,18-20,22,24-26H2,1-8H3/b27-21+,29-23?. The summed E-state index contributed by atoms with van der Waals surface area (Å²) in [4.78, 5) is 58.1. The van der Waals surface area contributed by atoms with Crippen molar-refractivity contribution in [3.05, 3.63) is 47.6 Å². The summed E-state index contributed by atoms with van der Waals surface area (Å²) in [5.74, 6) is -7.25. The molecule has 14 nitrogen and oxygen atoms in total. The molecular formula is C48H71NO13. The Morgan fingerprint density at radius 2 is 1.58 bits per heavy atom. The van der Waals surface area contributed by atoms with Gasteiger partial charge in [0.25, 0.3) is 11.7 Å². The Kier molecular flexibility index (Phi) is 17.4. The summed E-state index contributed by atoms with van der Waals surface area (Å²) in [6.45, 7) is 11.2. The molecule has 14 unspecified atom stereocenters. The second kappa shape index (κ2) is 21.8. The Hall–Kier alpha value is -3.66. The van der Waals surface area contributed by atoms with Gasteiger partial charge in [0.05, 0.1) is 24.4 Å². The van der Waals surface area contributed by atoms with Gasteiger partial charge in [-0.05, 0) is 120 Å². The minimum absolute atomic E-state index is 0.0179. The van der Waals surface area contributed by atoms with Crippen LogP contribution in [0.15, 0.2) is 47.6 Å². The van der Waals surface area contributed by atoms with Gasteiger partial charge in [0, 0.05) is 44.9 Å². The molecule has 3 aliphatic heterocycles. The number of rotatable bonds is 7. The second-order valence-corrected chi connectivity index (χ2v) is 18.5. The van der Waals surface area contributed by atoms with Gasteiger partial charge in [0.15, 0.2) is 0 Å². The Bertz CT molecular complexity index is 1760. The average molecular weight is 870 g/mol. The van der Waals surface area contributed by atoms with E-state index in [4.69, 9.17) is 23.7 Å². The van der Waals surface area contributed by atoms with E-state index in [0.717, 1.165) is 5.57 Å².